The lowest BCUT2D eigenvalue weighted by atomic mass is 10.1. The number of hydrogen-bond donors (Lipinski definition) is 1. The highest BCUT2D eigenvalue weighted by Gasteiger charge is 2.23. The smallest absolute Gasteiger partial charge is 0.334 e. The molecule has 3 heterocycles. The summed E-state index contributed by atoms with van der Waals surface area (Å²) in [4.78, 5) is 17.7. The summed E-state index contributed by atoms with van der Waals surface area (Å²) >= 11 is 6.34. The molecule has 2 aromatic heterocycles. The largest absolute Gasteiger partial charge is 0.495 e. The van der Waals surface area contributed by atoms with Gasteiger partial charge in [-0.25, -0.2) is 4.79 Å². The number of fused-ring (bicyclic) bond motifs is 1. The van der Waals surface area contributed by atoms with Gasteiger partial charge in [0.1, 0.15) is 22.3 Å². The van der Waals surface area contributed by atoms with Gasteiger partial charge >= 0.3 is 5.69 Å². The maximum Gasteiger partial charge on any atom is 0.334 e. The molecule has 4 aromatic rings. The normalized spacial score (nSPS) is 16.2. The standard InChI is InChI=1S/C24H23ClN4O3/c1-31-21-5-2-6-22(23(21)25)32-18-9-7-16(8-10-18)28-20-15-27-13-11-19(20)29(24(28)30)17-4-3-12-26-14-17/h2,5-11,13,15,17,26H,3-4,12,14H2,1H3/t17-/m1/s1. The number of hydrogen-bond acceptors (Lipinski definition) is 5. The average Bonchev–Trinajstić information content (AvgIpc) is 3.13. The fourth-order valence-corrected chi connectivity index (χ4v) is 4.48. The molecule has 5 rings (SSSR count). The number of rotatable bonds is 5. The Labute approximate surface area is 190 Å². The number of piperidine rings is 1. The molecule has 1 N–H and O–H groups in total. The van der Waals surface area contributed by atoms with Crippen molar-refractivity contribution < 1.29 is 9.47 Å². The van der Waals surface area contributed by atoms with E-state index in [4.69, 9.17) is 21.1 Å². The molecule has 0 spiro atoms. The third-order valence-electron chi connectivity index (χ3n) is 5.78. The van der Waals surface area contributed by atoms with Crippen LogP contribution in [0.25, 0.3) is 16.7 Å². The summed E-state index contributed by atoms with van der Waals surface area (Å²) in [6.45, 7) is 1.78. The summed E-state index contributed by atoms with van der Waals surface area (Å²) in [7, 11) is 1.56. The molecule has 8 heteroatoms. The van der Waals surface area contributed by atoms with Crippen LogP contribution in [0.5, 0.6) is 17.2 Å². The fraction of sp³-hybridized carbons (Fsp3) is 0.250. The number of pyridine rings is 1. The van der Waals surface area contributed by atoms with E-state index in [-0.39, 0.29) is 11.7 Å². The maximum atomic E-state index is 13.5. The molecule has 0 bridgehead atoms. The van der Waals surface area contributed by atoms with E-state index < -0.39 is 0 Å². The Hall–Kier alpha value is -3.29. The number of ether oxygens (including phenoxy) is 2. The third-order valence-corrected chi connectivity index (χ3v) is 6.15. The van der Waals surface area contributed by atoms with Crippen molar-refractivity contribution in [2.75, 3.05) is 20.2 Å². The van der Waals surface area contributed by atoms with Gasteiger partial charge in [0.05, 0.1) is 36.1 Å². The van der Waals surface area contributed by atoms with Crippen LogP contribution < -0.4 is 20.5 Å². The minimum Gasteiger partial charge on any atom is -0.495 e. The van der Waals surface area contributed by atoms with Gasteiger partial charge in [-0.3, -0.25) is 14.1 Å². The first-order chi connectivity index (χ1) is 15.7. The number of methoxy groups -OCH3 is 1. The van der Waals surface area contributed by atoms with E-state index in [1.807, 2.05) is 41.0 Å². The van der Waals surface area contributed by atoms with Crippen molar-refractivity contribution in [2.24, 2.45) is 0 Å². The lowest BCUT2D eigenvalue weighted by molar-refractivity contribution is 0.370. The van der Waals surface area contributed by atoms with Crippen molar-refractivity contribution in [1.29, 1.82) is 0 Å². The van der Waals surface area contributed by atoms with Crippen LogP contribution in [0.3, 0.4) is 0 Å². The zero-order chi connectivity index (χ0) is 22.1. The number of nitrogens with zero attached hydrogens (tertiary/aromatic N) is 3. The minimum atomic E-state index is -0.0637. The highest BCUT2D eigenvalue weighted by atomic mass is 35.5. The van der Waals surface area contributed by atoms with E-state index in [0.717, 1.165) is 42.7 Å². The van der Waals surface area contributed by atoms with Gasteiger partial charge in [-0.2, -0.15) is 0 Å². The molecular formula is C24H23ClN4O3. The molecule has 0 aliphatic carbocycles. The first-order valence-electron chi connectivity index (χ1n) is 10.6. The molecule has 0 unspecified atom stereocenters. The highest BCUT2D eigenvalue weighted by molar-refractivity contribution is 6.33. The number of nitrogens with one attached hydrogen (secondary N) is 1. The Morgan fingerprint density at radius 1 is 1.09 bits per heavy atom. The second-order valence-electron chi connectivity index (χ2n) is 7.72. The Kier molecular flexibility index (Phi) is 5.59. The Bertz CT molecular complexity index is 1310. The van der Waals surface area contributed by atoms with Crippen molar-refractivity contribution in [2.45, 2.75) is 18.9 Å². The summed E-state index contributed by atoms with van der Waals surface area (Å²) in [6.07, 6.45) is 5.49. The van der Waals surface area contributed by atoms with Crippen LogP contribution in [-0.2, 0) is 0 Å². The molecule has 0 radical (unpaired) electrons. The third kappa shape index (κ3) is 3.63. The SMILES string of the molecule is COc1cccc(Oc2ccc(-n3c(=O)n([C@@H]4CCCNC4)c4ccncc43)cc2)c1Cl. The zero-order valence-electron chi connectivity index (χ0n) is 17.6. The summed E-state index contributed by atoms with van der Waals surface area (Å²) in [5.74, 6) is 1.65. The summed E-state index contributed by atoms with van der Waals surface area (Å²) in [5, 5.41) is 3.80. The monoisotopic (exact) mass is 450 g/mol. The van der Waals surface area contributed by atoms with E-state index in [2.05, 4.69) is 10.3 Å². The van der Waals surface area contributed by atoms with Crippen molar-refractivity contribution in [3.05, 3.63) is 76.4 Å². The van der Waals surface area contributed by atoms with Crippen LogP contribution >= 0.6 is 11.6 Å². The summed E-state index contributed by atoms with van der Waals surface area (Å²) in [5.41, 5.74) is 2.36. The molecule has 2 aromatic carbocycles. The van der Waals surface area contributed by atoms with Crippen molar-refractivity contribution >= 4 is 22.6 Å². The number of halogens is 1. The first kappa shape index (κ1) is 20.6. The molecule has 1 saturated heterocycles. The first-order valence-corrected chi connectivity index (χ1v) is 10.9. The molecule has 0 amide bonds. The summed E-state index contributed by atoms with van der Waals surface area (Å²) < 4.78 is 14.8. The van der Waals surface area contributed by atoms with Crippen LogP contribution in [0.15, 0.2) is 65.7 Å². The number of imidazole rings is 1. The lowest BCUT2D eigenvalue weighted by Gasteiger charge is -2.23. The molecule has 7 nitrogen and oxygen atoms in total. The van der Waals surface area contributed by atoms with E-state index in [1.165, 1.54) is 0 Å². The molecule has 0 saturated carbocycles. The average molecular weight is 451 g/mol. The molecule has 32 heavy (non-hydrogen) atoms. The van der Waals surface area contributed by atoms with E-state index >= 15 is 0 Å². The van der Waals surface area contributed by atoms with Gasteiger partial charge in [-0.05, 0) is 61.9 Å². The molecule has 1 aliphatic rings. The van der Waals surface area contributed by atoms with Gasteiger partial charge in [0, 0.05) is 12.7 Å². The predicted molar refractivity (Wildman–Crippen MR) is 125 cm³/mol. The predicted octanol–water partition coefficient (Wildman–Crippen LogP) is 4.57. The van der Waals surface area contributed by atoms with Crippen molar-refractivity contribution in [1.82, 2.24) is 19.4 Å². The molecular weight excluding hydrogens is 428 g/mol. The van der Waals surface area contributed by atoms with Gasteiger partial charge in [0.15, 0.2) is 0 Å². The zero-order valence-corrected chi connectivity index (χ0v) is 18.4. The van der Waals surface area contributed by atoms with Gasteiger partial charge in [0.25, 0.3) is 0 Å². The molecule has 1 atom stereocenters. The highest BCUT2D eigenvalue weighted by Crippen LogP contribution is 2.36. The van der Waals surface area contributed by atoms with Crippen LogP contribution in [-0.4, -0.2) is 34.3 Å². The van der Waals surface area contributed by atoms with Crippen LogP contribution in [0, 0.1) is 0 Å². The Morgan fingerprint density at radius 3 is 2.66 bits per heavy atom. The quantitative estimate of drug-likeness (QED) is 0.482. The van der Waals surface area contributed by atoms with Crippen LogP contribution in [0.1, 0.15) is 18.9 Å². The summed E-state index contributed by atoms with van der Waals surface area (Å²) in [6, 6.07) is 14.8. The molecule has 1 fully saturated rings. The van der Waals surface area contributed by atoms with Crippen LogP contribution in [0.4, 0.5) is 0 Å². The van der Waals surface area contributed by atoms with E-state index in [0.29, 0.717) is 22.3 Å². The van der Waals surface area contributed by atoms with Gasteiger partial charge in [-0.15, -0.1) is 0 Å². The van der Waals surface area contributed by atoms with E-state index in [9.17, 15) is 4.79 Å². The maximum absolute atomic E-state index is 13.5. The van der Waals surface area contributed by atoms with Gasteiger partial charge in [0.2, 0.25) is 0 Å². The van der Waals surface area contributed by atoms with Crippen molar-refractivity contribution in [3.63, 3.8) is 0 Å². The molecule has 1 aliphatic heterocycles. The second kappa shape index (κ2) is 8.68. The topological polar surface area (TPSA) is 70.3 Å². The van der Waals surface area contributed by atoms with Gasteiger partial charge < -0.3 is 14.8 Å². The van der Waals surface area contributed by atoms with Crippen LogP contribution in [0.2, 0.25) is 5.02 Å². The second-order valence-corrected chi connectivity index (χ2v) is 8.10. The lowest BCUT2D eigenvalue weighted by Crippen LogP contribution is -2.36. The number of benzene rings is 2. The fourth-order valence-electron chi connectivity index (χ4n) is 4.24. The van der Waals surface area contributed by atoms with Crippen molar-refractivity contribution in [3.8, 4) is 22.9 Å². The van der Waals surface area contributed by atoms with Gasteiger partial charge in [-0.1, -0.05) is 17.7 Å². The Balaban J connectivity index is 1.51. The Morgan fingerprint density at radius 2 is 1.91 bits per heavy atom. The van der Waals surface area contributed by atoms with E-state index in [1.54, 1.807) is 36.2 Å². The minimum absolute atomic E-state index is 0.0637. The number of aromatic nitrogens is 3. The molecule has 164 valence electrons.